The van der Waals surface area contributed by atoms with E-state index in [1.54, 1.807) is 43.4 Å². The molecule has 1 atom stereocenters. The number of rotatable bonds is 5. The fourth-order valence-electron chi connectivity index (χ4n) is 3.24. The van der Waals surface area contributed by atoms with Gasteiger partial charge in [0.2, 0.25) is 0 Å². The Morgan fingerprint density at radius 3 is 2.39 bits per heavy atom. The minimum atomic E-state index is -0.139. The van der Waals surface area contributed by atoms with Gasteiger partial charge >= 0.3 is 6.03 Å². The van der Waals surface area contributed by atoms with E-state index < -0.39 is 0 Å². The van der Waals surface area contributed by atoms with Crippen LogP contribution >= 0.6 is 0 Å². The molecule has 1 aliphatic rings. The van der Waals surface area contributed by atoms with Crippen molar-refractivity contribution in [2.75, 3.05) is 37.9 Å². The topological polar surface area (TPSA) is 86.6 Å². The van der Waals surface area contributed by atoms with Crippen molar-refractivity contribution in [1.82, 2.24) is 4.90 Å². The summed E-state index contributed by atoms with van der Waals surface area (Å²) < 4.78 is 10.6. The van der Waals surface area contributed by atoms with Crippen molar-refractivity contribution in [3.8, 4) is 17.6 Å². The highest BCUT2D eigenvalue weighted by Crippen LogP contribution is 2.27. The molecule has 0 aliphatic carbocycles. The van der Waals surface area contributed by atoms with Crippen molar-refractivity contribution in [3.05, 3.63) is 48.0 Å². The Hall–Kier alpha value is -3.40. The number of benzene rings is 2. The zero-order valence-corrected chi connectivity index (χ0v) is 16.1. The third-order valence-corrected chi connectivity index (χ3v) is 4.70. The molecule has 0 spiro atoms. The minimum absolute atomic E-state index is 0.136. The smallest absolute Gasteiger partial charge is 0.321 e. The van der Waals surface area contributed by atoms with Crippen LogP contribution in [0.5, 0.6) is 11.5 Å². The van der Waals surface area contributed by atoms with E-state index in [2.05, 4.69) is 16.7 Å². The Labute approximate surface area is 164 Å². The standard InChI is InChI=1S/C21H24N4O3/c1-27-19-10-18(11-20(12-19)28-2)23-17-4-3-9-25(14-17)21(26)24-16-7-5-15(13-22)6-8-16/h5-8,10-12,17,23H,3-4,9,14H2,1-2H3,(H,24,26)/t17-/m1/s1. The molecular weight excluding hydrogens is 356 g/mol. The molecule has 0 radical (unpaired) electrons. The lowest BCUT2D eigenvalue weighted by Crippen LogP contribution is -2.46. The number of nitrogens with one attached hydrogen (secondary N) is 2. The highest BCUT2D eigenvalue weighted by molar-refractivity contribution is 5.89. The number of amides is 2. The minimum Gasteiger partial charge on any atom is -0.497 e. The number of likely N-dealkylation sites (tertiary alicyclic amines) is 1. The summed E-state index contributed by atoms with van der Waals surface area (Å²) >= 11 is 0. The van der Waals surface area contributed by atoms with Crippen molar-refractivity contribution < 1.29 is 14.3 Å². The van der Waals surface area contributed by atoms with Crippen LogP contribution in [-0.2, 0) is 0 Å². The van der Waals surface area contributed by atoms with Gasteiger partial charge in [-0.15, -0.1) is 0 Å². The number of nitrogens with zero attached hydrogens (tertiary/aromatic N) is 2. The van der Waals surface area contributed by atoms with Gasteiger partial charge in [0.1, 0.15) is 11.5 Å². The maximum atomic E-state index is 12.6. The van der Waals surface area contributed by atoms with Crippen LogP contribution < -0.4 is 20.1 Å². The molecule has 1 saturated heterocycles. The number of hydrogen-bond donors (Lipinski definition) is 2. The lowest BCUT2D eigenvalue weighted by atomic mass is 10.1. The van der Waals surface area contributed by atoms with Crippen molar-refractivity contribution in [2.45, 2.75) is 18.9 Å². The zero-order valence-electron chi connectivity index (χ0n) is 16.1. The Kier molecular flexibility index (Phi) is 6.22. The van der Waals surface area contributed by atoms with Crippen molar-refractivity contribution in [1.29, 1.82) is 5.26 Å². The van der Waals surface area contributed by atoms with Crippen LogP contribution in [0.3, 0.4) is 0 Å². The highest BCUT2D eigenvalue weighted by Gasteiger charge is 2.24. The molecule has 28 heavy (non-hydrogen) atoms. The van der Waals surface area contributed by atoms with Crippen molar-refractivity contribution in [3.63, 3.8) is 0 Å². The Morgan fingerprint density at radius 1 is 1.11 bits per heavy atom. The second-order valence-corrected chi connectivity index (χ2v) is 6.65. The molecular formula is C21H24N4O3. The van der Waals surface area contributed by atoms with Gasteiger partial charge in [0.05, 0.1) is 25.9 Å². The Balaban J connectivity index is 1.61. The normalized spacial score (nSPS) is 16.0. The molecule has 2 aromatic rings. The molecule has 0 unspecified atom stereocenters. The van der Waals surface area contributed by atoms with Gasteiger partial charge in [0.25, 0.3) is 0 Å². The second kappa shape index (κ2) is 9.00. The van der Waals surface area contributed by atoms with E-state index in [9.17, 15) is 4.79 Å². The molecule has 3 rings (SSSR count). The van der Waals surface area contributed by atoms with Crippen LogP contribution in [0.2, 0.25) is 0 Å². The number of anilines is 2. The molecule has 1 fully saturated rings. The van der Waals surface area contributed by atoms with E-state index in [1.807, 2.05) is 18.2 Å². The third kappa shape index (κ3) is 4.86. The maximum absolute atomic E-state index is 12.6. The van der Waals surface area contributed by atoms with E-state index in [-0.39, 0.29) is 12.1 Å². The Bertz CT molecular complexity index is 839. The lowest BCUT2D eigenvalue weighted by Gasteiger charge is -2.33. The van der Waals surface area contributed by atoms with Crippen LogP contribution in [0.25, 0.3) is 0 Å². The molecule has 0 aromatic heterocycles. The van der Waals surface area contributed by atoms with Crippen LogP contribution in [0.4, 0.5) is 16.2 Å². The molecule has 2 aromatic carbocycles. The molecule has 0 saturated carbocycles. The average molecular weight is 380 g/mol. The predicted molar refractivity (Wildman–Crippen MR) is 108 cm³/mol. The first-order valence-electron chi connectivity index (χ1n) is 9.17. The van der Waals surface area contributed by atoms with Gasteiger partial charge in [-0.2, -0.15) is 5.26 Å². The van der Waals surface area contributed by atoms with Gasteiger partial charge < -0.3 is 25.0 Å². The summed E-state index contributed by atoms with van der Waals surface area (Å²) in [5.74, 6) is 1.43. The summed E-state index contributed by atoms with van der Waals surface area (Å²) in [6.07, 6.45) is 1.89. The number of piperidine rings is 1. The summed E-state index contributed by atoms with van der Waals surface area (Å²) in [5.41, 5.74) is 2.14. The zero-order chi connectivity index (χ0) is 19.9. The van der Waals surface area contributed by atoms with E-state index in [4.69, 9.17) is 14.7 Å². The first-order valence-corrected chi connectivity index (χ1v) is 9.17. The van der Waals surface area contributed by atoms with Crippen LogP contribution in [0, 0.1) is 11.3 Å². The second-order valence-electron chi connectivity index (χ2n) is 6.65. The highest BCUT2D eigenvalue weighted by atomic mass is 16.5. The van der Waals surface area contributed by atoms with Crippen molar-refractivity contribution >= 4 is 17.4 Å². The number of ether oxygens (including phenoxy) is 2. The monoisotopic (exact) mass is 380 g/mol. The van der Waals surface area contributed by atoms with Gasteiger partial charge in [0, 0.05) is 48.7 Å². The average Bonchev–Trinajstić information content (AvgIpc) is 2.74. The quantitative estimate of drug-likeness (QED) is 0.826. The number of methoxy groups -OCH3 is 2. The van der Waals surface area contributed by atoms with Gasteiger partial charge in [-0.25, -0.2) is 4.79 Å². The van der Waals surface area contributed by atoms with E-state index >= 15 is 0 Å². The first-order chi connectivity index (χ1) is 13.6. The van der Waals surface area contributed by atoms with E-state index in [0.717, 1.165) is 18.5 Å². The summed E-state index contributed by atoms with van der Waals surface area (Å²) in [4.78, 5) is 14.4. The van der Waals surface area contributed by atoms with Gasteiger partial charge in [-0.1, -0.05) is 0 Å². The first kappa shape index (κ1) is 19.4. The van der Waals surface area contributed by atoms with Crippen LogP contribution in [0.1, 0.15) is 18.4 Å². The van der Waals surface area contributed by atoms with E-state index in [1.165, 1.54) is 0 Å². The molecule has 2 N–H and O–H groups in total. The van der Waals surface area contributed by atoms with Gasteiger partial charge in [-0.3, -0.25) is 0 Å². The van der Waals surface area contributed by atoms with Crippen LogP contribution in [-0.4, -0.2) is 44.3 Å². The summed E-state index contributed by atoms with van der Waals surface area (Å²) in [5, 5.41) is 15.2. The van der Waals surface area contributed by atoms with Crippen LogP contribution in [0.15, 0.2) is 42.5 Å². The molecule has 7 heteroatoms. The number of hydrogen-bond acceptors (Lipinski definition) is 5. The molecule has 1 aliphatic heterocycles. The fourth-order valence-corrected chi connectivity index (χ4v) is 3.24. The number of carbonyl (C=O) groups excluding carboxylic acids is 1. The molecule has 2 amide bonds. The third-order valence-electron chi connectivity index (χ3n) is 4.70. The number of urea groups is 1. The predicted octanol–water partition coefficient (Wildman–Crippen LogP) is 3.68. The molecule has 1 heterocycles. The molecule has 7 nitrogen and oxygen atoms in total. The maximum Gasteiger partial charge on any atom is 0.321 e. The number of nitriles is 1. The van der Waals surface area contributed by atoms with E-state index in [0.29, 0.717) is 35.8 Å². The van der Waals surface area contributed by atoms with Crippen molar-refractivity contribution in [2.24, 2.45) is 0 Å². The summed E-state index contributed by atoms with van der Waals surface area (Å²) in [7, 11) is 3.24. The number of carbonyl (C=O) groups is 1. The fraction of sp³-hybridized carbons (Fsp3) is 0.333. The molecule has 0 bridgehead atoms. The SMILES string of the molecule is COc1cc(N[C@@H]2CCCN(C(=O)Nc3ccc(C#N)cc3)C2)cc(OC)c1. The van der Waals surface area contributed by atoms with Gasteiger partial charge in [0.15, 0.2) is 0 Å². The largest absolute Gasteiger partial charge is 0.497 e. The van der Waals surface area contributed by atoms with Gasteiger partial charge in [-0.05, 0) is 37.1 Å². The lowest BCUT2D eigenvalue weighted by molar-refractivity contribution is 0.196. The summed E-state index contributed by atoms with van der Waals surface area (Å²) in [6.45, 7) is 1.31. The molecule has 146 valence electrons. The Morgan fingerprint density at radius 2 is 1.79 bits per heavy atom. The summed E-state index contributed by atoms with van der Waals surface area (Å²) in [6, 6.07) is 14.6.